The van der Waals surface area contributed by atoms with Crippen molar-refractivity contribution in [2.24, 2.45) is 0 Å². The minimum absolute atomic E-state index is 0.0277. The second-order valence-electron chi connectivity index (χ2n) is 6.18. The van der Waals surface area contributed by atoms with Crippen LogP contribution in [0.1, 0.15) is 32.7 Å². The van der Waals surface area contributed by atoms with Crippen LogP contribution in [0.4, 0.5) is 4.39 Å². The molecule has 25 heavy (non-hydrogen) atoms. The van der Waals surface area contributed by atoms with E-state index in [1.165, 1.54) is 16.8 Å². The standard InChI is InChI=1S/C15H20FN5O3S/c1-11(2)20-9-14(19-10-20)25(22,23)21-5-3-4-13(8-21)24-15-17-6-12(16)7-18-15/h6-7,9-11,13H,3-5,8H2,1-2H3/t13-/m0/s1. The number of ether oxygens (including phenoxy) is 1. The maximum absolute atomic E-state index is 12.9. The average Bonchev–Trinajstić information content (AvgIpc) is 3.08. The summed E-state index contributed by atoms with van der Waals surface area (Å²) in [5.41, 5.74) is 0. The molecular weight excluding hydrogens is 349 g/mol. The van der Waals surface area contributed by atoms with Crippen LogP contribution in [0.5, 0.6) is 6.01 Å². The molecule has 0 radical (unpaired) electrons. The Balaban J connectivity index is 1.72. The van der Waals surface area contributed by atoms with Gasteiger partial charge in [0.2, 0.25) is 0 Å². The van der Waals surface area contributed by atoms with E-state index in [9.17, 15) is 12.8 Å². The van der Waals surface area contributed by atoms with Crippen molar-refractivity contribution in [3.05, 3.63) is 30.7 Å². The Morgan fingerprint density at radius 1 is 1.28 bits per heavy atom. The number of piperidine rings is 1. The smallest absolute Gasteiger partial charge is 0.316 e. The maximum Gasteiger partial charge on any atom is 0.316 e. The normalized spacial score (nSPS) is 19.3. The average molecular weight is 369 g/mol. The van der Waals surface area contributed by atoms with Crippen molar-refractivity contribution in [2.45, 2.75) is 43.9 Å². The van der Waals surface area contributed by atoms with Crippen LogP contribution in [-0.4, -0.2) is 51.4 Å². The molecule has 0 spiro atoms. The van der Waals surface area contributed by atoms with Gasteiger partial charge < -0.3 is 9.30 Å². The van der Waals surface area contributed by atoms with Crippen LogP contribution in [0.15, 0.2) is 29.9 Å². The molecule has 1 aliphatic rings. The Bertz CT molecular complexity index is 822. The Morgan fingerprint density at radius 2 is 2.00 bits per heavy atom. The second-order valence-corrected chi connectivity index (χ2v) is 8.07. The largest absolute Gasteiger partial charge is 0.459 e. The van der Waals surface area contributed by atoms with Crippen molar-refractivity contribution >= 4 is 10.0 Å². The van der Waals surface area contributed by atoms with E-state index in [2.05, 4.69) is 15.0 Å². The molecule has 0 aliphatic carbocycles. The minimum Gasteiger partial charge on any atom is -0.459 e. The Hall–Kier alpha value is -2.07. The van der Waals surface area contributed by atoms with Crippen LogP contribution in [-0.2, 0) is 10.0 Å². The lowest BCUT2D eigenvalue weighted by Gasteiger charge is -2.30. The summed E-state index contributed by atoms with van der Waals surface area (Å²) >= 11 is 0. The zero-order chi connectivity index (χ0) is 18.0. The SMILES string of the molecule is CC(C)n1cnc(S(=O)(=O)N2CCC[C@H](Oc3ncc(F)cn3)C2)c1. The fourth-order valence-corrected chi connectivity index (χ4v) is 4.03. The van der Waals surface area contributed by atoms with Gasteiger partial charge in [0.15, 0.2) is 10.8 Å². The number of rotatable bonds is 5. The van der Waals surface area contributed by atoms with Gasteiger partial charge in [0.25, 0.3) is 10.0 Å². The summed E-state index contributed by atoms with van der Waals surface area (Å²) < 4.78 is 47.1. The molecule has 0 N–H and O–H groups in total. The number of sulfonamides is 1. The molecule has 0 bridgehead atoms. The third-order valence-corrected chi connectivity index (χ3v) is 5.74. The molecule has 1 atom stereocenters. The van der Waals surface area contributed by atoms with Crippen molar-refractivity contribution in [3.8, 4) is 6.01 Å². The summed E-state index contributed by atoms with van der Waals surface area (Å²) in [6.45, 7) is 4.48. The van der Waals surface area contributed by atoms with Gasteiger partial charge >= 0.3 is 6.01 Å². The number of nitrogens with zero attached hydrogens (tertiary/aromatic N) is 5. The minimum atomic E-state index is -3.69. The fourth-order valence-electron chi connectivity index (χ4n) is 2.60. The van der Waals surface area contributed by atoms with Gasteiger partial charge in [-0.3, -0.25) is 0 Å². The topological polar surface area (TPSA) is 90.2 Å². The lowest BCUT2D eigenvalue weighted by molar-refractivity contribution is 0.118. The van der Waals surface area contributed by atoms with Crippen LogP contribution in [0, 0.1) is 5.82 Å². The fraction of sp³-hybridized carbons (Fsp3) is 0.533. The van der Waals surface area contributed by atoms with Gasteiger partial charge in [0, 0.05) is 18.8 Å². The van der Waals surface area contributed by atoms with E-state index < -0.39 is 15.8 Å². The molecular formula is C15H20FN5O3S. The molecule has 136 valence electrons. The first-order chi connectivity index (χ1) is 11.9. The molecule has 0 amide bonds. The van der Waals surface area contributed by atoms with Crippen LogP contribution in [0.3, 0.4) is 0 Å². The highest BCUT2D eigenvalue weighted by molar-refractivity contribution is 7.89. The summed E-state index contributed by atoms with van der Waals surface area (Å²) in [4.78, 5) is 11.5. The predicted molar refractivity (Wildman–Crippen MR) is 87.0 cm³/mol. The first kappa shape index (κ1) is 17.7. The summed E-state index contributed by atoms with van der Waals surface area (Å²) in [7, 11) is -3.69. The molecule has 0 aromatic carbocycles. The highest BCUT2D eigenvalue weighted by Crippen LogP contribution is 2.22. The van der Waals surface area contributed by atoms with E-state index in [0.717, 1.165) is 12.4 Å². The van der Waals surface area contributed by atoms with Crippen molar-refractivity contribution in [1.82, 2.24) is 23.8 Å². The number of halogens is 1. The van der Waals surface area contributed by atoms with E-state index in [1.54, 1.807) is 4.57 Å². The van der Waals surface area contributed by atoms with Crippen molar-refractivity contribution < 1.29 is 17.5 Å². The molecule has 8 nitrogen and oxygen atoms in total. The summed E-state index contributed by atoms with van der Waals surface area (Å²) in [6.07, 6.45) is 6.01. The lowest BCUT2D eigenvalue weighted by atomic mass is 10.1. The van der Waals surface area contributed by atoms with Crippen LogP contribution in [0.2, 0.25) is 0 Å². The summed E-state index contributed by atoms with van der Waals surface area (Å²) in [5, 5.41) is 0.0277. The van der Waals surface area contributed by atoms with Crippen molar-refractivity contribution in [2.75, 3.05) is 13.1 Å². The van der Waals surface area contributed by atoms with E-state index in [-0.39, 0.29) is 29.7 Å². The molecule has 3 rings (SSSR count). The summed E-state index contributed by atoms with van der Waals surface area (Å²) in [6, 6.07) is 0.166. The van der Waals surface area contributed by atoms with Gasteiger partial charge in [-0.15, -0.1) is 0 Å². The highest BCUT2D eigenvalue weighted by Gasteiger charge is 2.33. The van der Waals surface area contributed by atoms with Crippen molar-refractivity contribution in [1.29, 1.82) is 0 Å². The molecule has 0 unspecified atom stereocenters. The number of imidazole rings is 1. The molecule has 0 saturated carbocycles. The lowest BCUT2D eigenvalue weighted by Crippen LogP contribution is -2.44. The Morgan fingerprint density at radius 3 is 2.64 bits per heavy atom. The molecule has 2 aromatic rings. The van der Waals surface area contributed by atoms with Gasteiger partial charge in [-0.05, 0) is 26.7 Å². The van der Waals surface area contributed by atoms with E-state index in [0.29, 0.717) is 19.4 Å². The van der Waals surface area contributed by atoms with Gasteiger partial charge in [-0.25, -0.2) is 27.8 Å². The number of hydrogen-bond donors (Lipinski definition) is 0. The van der Waals surface area contributed by atoms with E-state index in [1.807, 2.05) is 13.8 Å². The third-order valence-electron chi connectivity index (χ3n) is 3.99. The molecule has 3 heterocycles. The van der Waals surface area contributed by atoms with Crippen LogP contribution in [0.25, 0.3) is 0 Å². The van der Waals surface area contributed by atoms with E-state index >= 15 is 0 Å². The van der Waals surface area contributed by atoms with Crippen LogP contribution >= 0.6 is 0 Å². The second kappa shape index (κ2) is 7.04. The first-order valence-electron chi connectivity index (χ1n) is 8.04. The quantitative estimate of drug-likeness (QED) is 0.796. The third kappa shape index (κ3) is 3.96. The molecule has 1 aliphatic heterocycles. The van der Waals surface area contributed by atoms with Crippen molar-refractivity contribution in [3.63, 3.8) is 0 Å². The highest BCUT2D eigenvalue weighted by atomic mass is 32.2. The summed E-state index contributed by atoms with van der Waals surface area (Å²) in [5.74, 6) is -0.555. The Labute approximate surface area is 145 Å². The number of aromatic nitrogens is 4. The Kier molecular flexibility index (Phi) is 5.00. The van der Waals surface area contributed by atoms with Crippen LogP contribution < -0.4 is 4.74 Å². The monoisotopic (exact) mass is 369 g/mol. The number of hydrogen-bond acceptors (Lipinski definition) is 6. The molecule has 1 fully saturated rings. The first-order valence-corrected chi connectivity index (χ1v) is 9.48. The van der Waals surface area contributed by atoms with Gasteiger partial charge in [-0.2, -0.15) is 4.31 Å². The zero-order valence-electron chi connectivity index (χ0n) is 14.0. The van der Waals surface area contributed by atoms with Gasteiger partial charge in [0.1, 0.15) is 6.10 Å². The molecule has 1 saturated heterocycles. The molecule has 10 heteroatoms. The maximum atomic E-state index is 12.9. The zero-order valence-corrected chi connectivity index (χ0v) is 14.9. The van der Waals surface area contributed by atoms with Gasteiger partial charge in [0.05, 0.1) is 25.3 Å². The molecule has 2 aromatic heterocycles. The predicted octanol–water partition coefficient (Wildman–Crippen LogP) is 1.63. The van der Waals surface area contributed by atoms with E-state index in [4.69, 9.17) is 4.74 Å². The van der Waals surface area contributed by atoms with Gasteiger partial charge in [-0.1, -0.05) is 0 Å².